The fourth-order valence-corrected chi connectivity index (χ4v) is 4.57. The summed E-state index contributed by atoms with van der Waals surface area (Å²) in [5.74, 6) is -0.159. The predicted octanol–water partition coefficient (Wildman–Crippen LogP) is 2.98. The Balaban J connectivity index is 1.43. The second-order valence-electron chi connectivity index (χ2n) is 7.58. The molecule has 8 heteroatoms. The van der Waals surface area contributed by atoms with Crippen LogP contribution in [-0.2, 0) is 17.8 Å². The van der Waals surface area contributed by atoms with Gasteiger partial charge in [-0.2, -0.15) is 5.10 Å². The summed E-state index contributed by atoms with van der Waals surface area (Å²) in [6.45, 7) is 4.07. The highest BCUT2D eigenvalue weighted by Gasteiger charge is 2.32. The second-order valence-corrected chi connectivity index (χ2v) is 7.96. The van der Waals surface area contributed by atoms with Crippen molar-refractivity contribution in [2.75, 3.05) is 19.6 Å². The predicted molar refractivity (Wildman–Crippen MR) is 103 cm³/mol. The Hall–Kier alpha value is -1.96. The summed E-state index contributed by atoms with van der Waals surface area (Å²) in [6, 6.07) is 4.95. The molecule has 4 rings (SSSR count). The molecule has 1 unspecified atom stereocenters. The van der Waals surface area contributed by atoms with Crippen molar-refractivity contribution in [1.82, 2.24) is 20.0 Å². The van der Waals surface area contributed by atoms with Crippen molar-refractivity contribution < 1.29 is 14.3 Å². The van der Waals surface area contributed by atoms with E-state index < -0.39 is 6.23 Å². The van der Waals surface area contributed by atoms with Crippen molar-refractivity contribution in [2.24, 2.45) is 0 Å². The molecule has 0 aliphatic carbocycles. The van der Waals surface area contributed by atoms with Crippen LogP contribution in [0.1, 0.15) is 54.4 Å². The first-order valence-electron chi connectivity index (χ1n) is 9.63. The van der Waals surface area contributed by atoms with Gasteiger partial charge in [0.15, 0.2) is 6.23 Å². The zero-order valence-corrected chi connectivity index (χ0v) is 16.5. The van der Waals surface area contributed by atoms with E-state index in [0.29, 0.717) is 38.3 Å². The number of piperidine rings is 1. The second kappa shape index (κ2) is 7.81. The number of benzene rings is 1. The molecule has 1 aromatic carbocycles. The van der Waals surface area contributed by atoms with Crippen LogP contribution >= 0.6 is 11.6 Å². The maximum absolute atomic E-state index is 13.7. The quantitative estimate of drug-likeness (QED) is 0.822. The van der Waals surface area contributed by atoms with Gasteiger partial charge in [-0.25, -0.2) is 4.39 Å². The van der Waals surface area contributed by atoms with Crippen molar-refractivity contribution in [1.29, 1.82) is 0 Å². The van der Waals surface area contributed by atoms with E-state index in [-0.39, 0.29) is 22.7 Å². The third-order valence-corrected chi connectivity index (χ3v) is 6.35. The number of rotatable bonds is 3. The number of hydrogen-bond acceptors (Lipinski definition) is 4. The number of nitrogens with one attached hydrogen (secondary N) is 1. The van der Waals surface area contributed by atoms with Crippen LogP contribution < -0.4 is 0 Å². The Labute approximate surface area is 168 Å². The van der Waals surface area contributed by atoms with Gasteiger partial charge in [0, 0.05) is 32.1 Å². The minimum Gasteiger partial charge on any atom is -0.372 e. The van der Waals surface area contributed by atoms with Crippen LogP contribution in [0.25, 0.3) is 0 Å². The third kappa shape index (κ3) is 3.54. The van der Waals surface area contributed by atoms with Gasteiger partial charge in [0.25, 0.3) is 0 Å². The van der Waals surface area contributed by atoms with Crippen molar-refractivity contribution in [3.05, 3.63) is 51.6 Å². The Morgan fingerprint density at radius 3 is 2.82 bits per heavy atom. The van der Waals surface area contributed by atoms with Crippen LogP contribution in [0.3, 0.4) is 0 Å². The topological polar surface area (TPSA) is 72.5 Å². The van der Waals surface area contributed by atoms with Crippen LogP contribution in [0.5, 0.6) is 0 Å². The molecule has 0 bridgehead atoms. The fourth-order valence-electron chi connectivity index (χ4n) is 4.29. The van der Waals surface area contributed by atoms with Crippen LogP contribution in [0.15, 0.2) is 18.2 Å². The van der Waals surface area contributed by atoms with Crippen LogP contribution in [0, 0.1) is 5.82 Å². The van der Waals surface area contributed by atoms with Gasteiger partial charge in [-0.05, 0) is 36.8 Å². The Morgan fingerprint density at radius 2 is 2.11 bits per heavy atom. The van der Waals surface area contributed by atoms with E-state index in [1.807, 2.05) is 11.0 Å². The molecule has 1 fully saturated rings. The fraction of sp³-hybridized carbons (Fsp3) is 0.500. The minimum atomic E-state index is -0.784. The van der Waals surface area contributed by atoms with E-state index in [0.717, 1.165) is 29.7 Å². The summed E-state index contributed by atoms with van der Waals surface area (Å²) in [6.07, 6.45) is 1.50. The van der Waals surface area contributed by atoms with Crippen LogP contribution in [0.4, 0.5) is 4.39 Å². The smallest absolute Gasteiger partial charge is 0.219 e. The average Bonchev–Trinajstić information content (AvgIpc) is 3.13. The molecule has 28 heavy (non-hydrogen) atoms. The molecular formula is C20H24ClFN4O2. The molecule has 0 radical (unpaired) electrons. The van der Waals surface area contributed by atoms with Crippen molar-refractivity contribution >= 4 is 17.5 Å². The van der Waals surface area contributed by atoms with Gasteiger partial charge < -0.3 is 10.0 Å². The van der Waals surface area contributed by atoms with Gasteiger partial charge in [0.2, 0.25) is 5.91 Å². The Kier molecular flexibility index (Phi) is 5.40. The van der Waals surface area contributed by atoms with E-state index in [4.69, 9.17) is 11.6 Å². The molecule has 0 spiro atoms. The van der Waals surface area contributed by atoms with E-state index in [1.165, 1.54) is 6.07 Å². The van der Waals surface area contributed by atoms with Crippen molar-refractivity contribution in [3.63, 3.8) is 0 Å². The minimum absolute atomic E-state index is 0.0421. The number of aliphatic hydroxyl groups is 1. The van der Waals surface area contributed by atoms with Gasteiger partial charge in [0.1, 0.15) is 11.5 Å². The normalized spacial score (nSPS) is 19.5. The van der Waals surface area contributed by atoms with Gasteiger partial charge in [0.05, 0.1) is 17.3 Å². The maximum Gasteiger partial charge on any atom is 0.219 e. The third-order valence-electron chi connectivity index (χ3n) is 5.95. The number of nitrogens with zero attached hydrogens (tertiary/aromatic N) is 3. The molecule has 2 aliphatic heterocycles. The van der Waals surface area contributed by atoms with E-state index in [2.05, 4.69) is 10.2 Å². The highest BCUT2D eigenvalue weighted by Crippen LogP contribution is 2.36. The number of H-pyrrole nitrogens is 1. The summed E-state index contributed by atoms with van der Waals surface area (Å²) in [5, 5.41) is 18.4. The molecular weight excluding hydrogens is 383 g/mol. The lowest BCUT2D eigenvalue weighted by Crippen LogP contribution is -2.38. The molecule has 2 N–H and O–H groups in total. The highest BCUT2D eigenvalue weighted by atomic mass is 35.5. The number of carbonyl (C=O) groups is 1. The number of fused-ring (bicyclic) bond motifs is 1. The number of hydrogen-bond donors (Lipinski definition) is 2. The van der Waals surface area contributed by atoms with Gasteiger partial charge >= 0.3 is 0 Å². The Bertz CT molecular complexity index is 879. The lowest BCUT2D eigenvalue weighted by Gasteiger charge is -2.35. The number of likely N-dealkylation sites (tertiary alicyclic amines) is 1. The van der Waals surface area contributed by atoms with Gasteiger partial charge in [-0.3, -0.25) is 14.8 Å². The zero-order valence-electron chi connectivity index (χ0n) is 15.8. The standard InChI is InChI=1S/C20H24ClFN4O2/c1-12(27)26-10-7-15-17(11-26)23-24-19(15)20(28)25-8-5-13(6-9-25)14-3-2-4-16(22)18(14)21/h2-4,13,20,28H,5-11H2,1H3,(H,23,24). The lowest BCUT2D eigenvalue weighted by molar-refractivity contribution is -0.129. The summed E-state index contributed by atoms with van der Waals surface area (Å²) in [4.78, 5) is 15.4. The number of halogens is 2. The molecule has 0 saturated carbocycles. The molecule has 150 valence electrons. The van der Waals surface area contributed by atoms with Crippen molar-refractivity contribution in [3.8, 4) is 0 Å². The van der Waals surface area contributed by atoms with Crippen LogP contribution in [0.2, 0.25) is 5.02 Å². The molecule has 1 atom stereocenters. The molecule has 6 nitrogen and oxygen atoms in total. The largest absolute Gasteiger partial charge is 0.372 e. The number of aliphatic hydroxyl groups excluding tert-OH is 1. The summed E-state index contributed by atoms with van der Waals surface area (Å²) in [5.41, 5.74) is 3.41. The van der Waals surface area contributed by atoms with E-state index in [9.17, 15) is 14.3 Å². The molecule has 1 amide bonds. The number of aromatic nitrogens is 2. The molecule has 3 heterocycles. The molecule has 2 aromatic rings. The van der Waals surface area contributed by atoms with E-state index >= 15 is 0 Å². The van der Waals surface area contributed by atoms with Gasteiger partial charge in [-0.1, -0.05) is 23.7 Å². The summed E-state index contributed by atoms with van der Waals surface area (Å²) in [7, 11) is 0. The number of carbonyl (C=O) groups excluding carboxylic acids is 1. The molecule has 1 saturated heterocycles. The monoisotopic (exact) mass is 406 g/mol. The number of amides is 1. The SMILES string of the molecule is CC(=O)N1CCc2c(C(O)N3CCC(c4cccc(F)c4Cl)CC3)n[nH]c2C1. The first-order valence-corrected chi connectivity index (χ1v) is 10.0. The summed E-state index contributed by atoms with van der Waals surface area (Å²) < 4.78 is 13.7. The van der Waals surface area contributed by atoms with E-state index in [1.54, 1.807) is 17.9 Å². The first kappa shape index (κ1) is 19.4. The lowest BCUT2D eigenvalue weighted by atomic mass is 9.89. The van der Waals surface area contributed by atoms with Crippen LogP contribution in [-0.4, -0.2) is 50.6 Å². The maximum atomic E-state index is 13.7. The number of aromatic amines is 1. The van der Waals surface area contributed by atoms with Crippen molar-refractivity contribution in [2.45, 2.75) is 44.9 Å². The molecule has 2 aliphatic rings. The highest BCUT2D eigenvalue weighted by molar-refractivity contribution is 6.31. The molecule has 1 aromatic heterocycles. The zero-order chi connectivity index (χ0) is 19.8. The van der Waals surface area contributed by atoms with Gasteiger partial charge in [-0.15, -0.1) is 0 Å². The first-order chi connectivity index (χ1) is 13.5. The Morgan fingerprint density at radius 1 is 1.36 bits per heavy atom. The average molecular weight is 407 g/mol. The summed E-state index contributed by atoms with van der Waals surface area (Å²) >= 11 is 6.14.